The molecule has 2 aromatic heterocycles. The third-order valence-electron chi connectivity index (χ3n) is 4.87. The maximum Gasteiger partial charge on any atom is 0.229 e. The number of nitrogens with zero attached hydrogens (tertiary/aromatic N) is 3. The van der Waals surface area contributed by atoms with Gasteiger partial charge in [-0.25, -0.2) is 9.69 Å². The Bertz CT molecular complexity index is 1500. The summed E-state index contributed by atoms with van der Waals surface area (Å²) in [6.07, 6.45) is 1.76. The van der Waals surface area contributed by atoms with Crippen LogP contribution in [0, 0.1) is 13.1 Å². The fourth-order valence-electron chi connectivity index (χ4n) is 3.53. The highest BCUT2D eigenvalue weighted by molar-refractivity contribution is 6.16. The minimum atomic E-state index is -0.0446. The quantitative estimate of drug-likeness (QED) is 0.342. The van der Waals surface area contributed by atoms with E-state index in [0.717, 1.165) is 27.2 Å². The molecule has 130 valence electrons. The zero-order valence-corrected chi connectivity index (χ0v) is 14.5. The molecule has 5 nitrogen and oxygen atoms in total. The molecule has 0 fully saturated rings. The van der Waals surface area contributed by atoms with E-state index in [1.165, 1.54) is 0 Å². The lowest BCUT2D eigenvalue weighted by Crippen LogP contribution is -1.83. The minimum absolute atomic E-state index is 0.0446. The van der Waals surface area contributed by atoms with Crippen LogP contribution in [0.2, 0.25) is 0 Å². The van der Waals surface area contributed by atoms with Crippen molar-refractivity contribution in [2.75, 3.05) is 0 Å². The summed E-state index contributed by atoms with van der Waals surface area (Å²) in [7, 11) is 0. The number of para-hydroxylation sites is 2. The normalized spacial score (nSPS) is 10.9. The van der Waals surface area contributed by atoms with Gasteiger partial charge in [0.1, 0.15) is 16.9 Å². The Morgan fingerprint density at radius 1 is 0.821 bits per heavy atom. The number of phenolic OH excluding ortho intramolecular Hbond substituents is 1. The van der Waals surface area contributed by atoms with E-state index < -0.39 is 0 Å². The third kappa shape index (κ3) is 2.14. The van der Waals surface area contributed by atoms with E-state index in [9.17, 15) is 5.11 Å². The predicted molar refractivity (Wildman–Crippen MR) is 109 cm³/mol. The largest absolute Gasteiger partial charge is 0.518 e. The van der Waals surface area contributed by atoms with Crippen molar-refractivity contribution in [1.29, 1.82) is 0 Å². The number of furan rings is 1. The maximum atomic E-state index is 10.4. The Labute approximate surface area is 159 Å². The fourth-order valence-corrected chi connectivity index (χ4v) is 3.53. The van der Waals surface area contributed by atoms with E-state index in [0.29, 0.717) is 22.4 Å². The fraction of sp³-hybridized carbons (Fsp3) is 0. The van der Waals surface area contributed by atoms with Gasteiger partial charge >= 0.3 is 0 Å². The van der Waals surface area contributed by atoms with Crippen molar-refractivity contribution in [1.82, 2.24) is 4.98 Å². The molecule has 0 aliphatic rings. The van der Waals surface area contributed by atoms with Crippen molar-refractivity contribution < 1.29 is 9.52 Å². The van der Waals surface area contributed by atoms with Gasteiger partial charge in [-0.1, -0.05) is 42.5 Å². The van der Waals surface area contributed by atoms with Crippen LogP contribution in [0.4, 0.5) is 11.4 Å². The first-order chi connectivity index (χ1) is 13.7. The SMILES string of the molecule is [C-]#[N+]c1cccc(-c2ccc3ncc4c5cccc([N+]#[C-])c5oc4c3c2)c1O. The lowest BCUT2D eigenvalue weighted by atomic mass is 10.0. The summed E-state index contributed by atoms with van der Waals surface area (Å²) in [5, 5.41) is 12.9. The van der Waals surface area contributed by atoms with Gasteiger partial charge in [-0.2, -0.15) is 0 Å². The monoisotopic (exact) mass is 361 g/mol. The molecule has 2 heterocycles. The van der Waals surface area contributed by atoms with Gasteiger partial charge in [0.05, 0.1) is 18.7 Å². The van der Waals surface area contributed by atoms with Gasteiger partial charge in [0, 0.05) is 27.9 Å². The summed E-state index contributed by atoms with van der Waals surface area (Å²) in [6.45, 7) is 14.6. The van der Waals surface area contributed by atoms with Gasteiger partial charge in [0.2, 0.25) is 11.4 Å². The predicted octanol–water partition coefficient (Wildman–Crippen LogP) is 6.61. The summed E-state index contributed by atoms with van der Waals surface area (Å²) >= 11 is 0. The Hall–Kier alpha value is -4.35. The Kier molecular flexibility index (Phi) is 3.31. The van der Waals surface area contributed by atoms with Crippen molar-refractivity contribution in [3.8, 4) is 16.9 Å². The maximum absolute atomic E-state index is 10.4. The second kappa shape index (κ2) is 5.84. The number of pyridine rings is 1. The average Bonchev–Trinajstić information content (AvgIpc) is 3.13. The zero-order chi connectivity index (χ0) is 19.3. The molecule has 0 aliphatic heterocycles. The lowest BCUT2D eigenvalue weighted by molar-refractivity contribution is 0.480. The first-order valence-electron chi connectivity index (χ1n) is 8.52. The van der Waals surface area contributed by atoms with Gasteiger partial charge in [-0.3, -0.25) is 4.98 Å². The van der Waals surface area contributed by atoms with Gasteiger partial charge in [-0.05, 0) is 17.7 Å². The molecule has 0 saturated heterocycles. The molecule has 5 heteroatoms. The first kappa shape index (κ1) is 15.9. The number of phenols is 1. The molecule has 1 N–H and O–H groups in total. The van der Waals surface area contributed by atoms with Crippen LogP contribution in [-0.4, -0.2) is 10.1 Å². The molecule has 0 radical (unpaired) electrons. The van der Waals surface area contributed by atoms with Crippen molar-refractivity contribution >= 4 is 44.2 Å². The summed E-state index contributed by atoms with van der Waals surface area (Å²) in [4.78, 5) is 11.4. The van der Waals surface area contributed by atoms with Crippen LogP contribution in [0.15, 0.2) is 65.2 Å². The molecule has 5 aromatic rings. The van der Waals surface area contributed by atoms with Crippen molar-refractivity contribution in [3.05, 3.63) is 83.6 Å². The second-order valence-electron chi connectivity index (χ2n) is 6.39. The van der Waals surface area contributed by atoms with E-state index in [1.807, 2.05) is 30.3 Å². The summed E-state index contributed by atoms with van der Waals surface area (Å²) in [6, 6.07) is 16.2. The molecular weight excluding hydrogens is 350 g/mol. The van der Waals surface area contributed by atoms with Crippen LogP contribution in [-0.2, 0) is 0 Å². The van der Waals surface area contributed by atoms with E-state index in [4.69, 9.17) is 17.6 Å². The first-order valence-corrected chi connectivity index (χ1v) is 8.52. The van der Waals surface area contributed by atoms with E-state index >= 15 is 0 Å². The molecule has 0 aliphatic carbocycles. The summed E-state index contributed by atoms with van der Waals surface area (Å²) < 4.78 is 6.09. The summed E-state index contributed by atoms with van der Waals surface area (Å²) in [5.74, 6) is -0.0446. The highest BCUT2D eigenvalue weighted by Gasteiger charge is 2.15. The van der Waals surface area contributed by atoms with Crippen LogP contribution in [0.25, 0.3) is 53.7 Å². The van der Waals surface area contributed by atoms with Crippen molar-refractivity contribution in [2.24, 2.45) is 0 Å². The highest BCUT2D eigenvalue weighted by atomic mass is 16.3. The average molecular weight is 361 g/mol. The van der Waals surface area contributed by atoms with Crippen LogP contribution >= 0.6 is 0 Å². The van der Waals surface area contributed by atoms with Gasteiger partial charge in [0.15, 0.2) is 0 Å². The van der Waals surface area contributed by atoms with Gasteiger partial charge < -0.3 is 9.52 Å². The molecule has 5 rings (SSSR count). The van der Waals surface area contributed by atoms with Crippen LogP contribution < -0.4 is 0 Å². The van der Waals surface area contributed by atoms with Gasteiger partial charge in [-0.15, -0.1) is 0 Å². The molecule has 0 bridgehead atoms. The van der Waals surface area contributed by atoms with E-state index in [1.54, 1.807) is 30.5 Å². The number of fused-ring (bicyclic) bond motifs is 5. The van der Waals surface area contributed by atoms with Crippen LogP contribution in [0.1, 0.15) is 0 Å². The third-order valence-corrected chi connectivity index (χ3v) is 4.87. The number of benzene rings is 3. The highest BCUT2D eigenvalue weighted by Crippen LogP contribution is 2.41. The van der Waals surface area contributed by atoms with Crippen molar-refractivity contribution in [3.63, 3.8) is 0 Å². The zero-order valence-electron chi connectivity index (χ0n) is 14.5. The van der Waals surface area contributed by atoms with Crippen molar-refractivity contribution in [2.45, 2.75) is 0 Å². The number of aromatic nitrogens is 1. The number of hydrogen-bond acceptors (Lipinski definition) is 3. The van der Waals surface area contributed by atoms with Crippen LogP contribution in [0.3, 0.4) is 0 Å². The second-order valence-corrected chi connectivity index (χ2v) is 6.39. The molecule has 0 amide bonds. The number of hydrogen-bond donors (Lipinski definition) is 1. The topological polar surface area (TPSA) is 55.0 Å². The van der Waals surface area contributed by atoms with E-state index in [2.05, 4.69) is 14.7 Å². The molecule has 0 atom stereocenters. The minimum Gasteiger partial charge on any atom is -0.518 e. The molecule has 0 spiro atoms. The van der Waals surface area contributed by atoms with Crippen LogP contribution in [0.5, 0.6) is 5.75 Å². The Morgan fingerprint density at radius 3 is 2.43 bits per heavy atom. The number of rotatable bonds is 1. The summed E-state index contributed by atoms with van der Waals surface area (Å²) in [5.41, 5.74) is 3.95. The van der Waals surface area contributed by atoms with Gasteiger partial charge in [0.25, 0.3) is 0 Å². The Morgan fingerprint density at radius 2 is 1.61 bits per heavy atom. The Balaban J connectivity index is 1.86. The molecule has 3 aromatic carbocycles. The number of aromatic hydroxyl groups is 1. The molecule has 0 unspecified atom stereocenters. The lowest BCUT2D eigenvalue weighted by Gasteiger charge is -2.08. The molecule has 28 heavy (non-hydrogen) atoms. The molecule has 0 saturated carbocycles. The smallest absolute Gasteiger partial charge is 0.229 e. The molecular formula is C23H11N3O2. The van der Waals surface area contributed by atoms with E-state index in [-0.39, 0.29) is 11.4 Å². The standard InChI is InChI=1S/C23H11N3O2/c1-24-19-7-3-5-14(21(19)27)13-9-10-18-16(11-13)22-17(12-26-18)15-6-4-8-20(25-2)23(15)28-22/h3-12,27H.